The van der Waals surface area contributed by atoms with E-state index in [9.17, 15) is 4.79 Å². The summed E-state index contributed by atoms with van der Waals surface area (Å²) in [6.07, 6.45) is 0. The Bertz CT molecular complexity index is 721. The number of esters is 1. The standard InChI is InChI=1S/C18H16O4/c1-20-16-11-8-14(12-17(16)21-2)5-4-13-6-9-15(10-7-13)18(19)22-3/h6-12H,1-3H3. The smallest absolute Gasteiger partial charge is 0.337 e. The highest BCUT2D eigenvalue weighted by molar-refractivity contribution is 5.89. The number of methoxy groups -OCH3 is 3. The molecule has 0 aliphatic rings. The lowest BCUT2D eigenvalue weighted by Crippen LogP contribution is -2.00. The van der Waals surface area contributed by atoms with Crippen LogP contribution in [0.15, 0.2) is 42.5 Å². The van der Waals surface area contributed by atoms with Crippen molar-refractivity contribution < 1.29 is 19.0 Å². The molecule has 0 bridgehead atoms. The van der Waals surface area contributed by atoms with Crippen molar-refractivity contribution in [2.24, 2.45) is 0 Å². The molecule has 0 unspecified atom stereocenters. The number of ether oxygens (including phenoxy) is 3. The molecule has 2 aromatic carbocycles. The second kappa shape index (κ2) is 7.19. The highest BCUT2D eigenvalue weighted by Crippen LogP contribution is 2.27. The molecule has 0 saturated heterocycles. The summed E-state index contributed by atoms with van der Waals surface area (Å²) in [6.45, 7) is 0. The first-order valence-electron chi connectivity index (χ1n) is 6.60. The van der Waals surface area contributed by atoms with Crippen LogP contribution in [0.3, 0.4) is 0 Å². The molecule has 0 atom stereocenters. The van der Waals surface area contributed by atoms with Crippen LogP contribution in [0.25, 0.3) is 0 Å². The molecule has 22 heavy (non-hydrogen) atoms. The summed E-state index contributed by atoms with van der Waals surface area (Å²) in [5.74, 6) is 7.02. The van der Waals surface area contributed by atoms with Crippen LogP contribution in [0.1, 0.15) is 21.5 Å². The summed E-state index contributed by atoms with van der Waals surface area (Å²) < 4.78 is 15.1. The van der Waals surface area contributed by atoms with E-state index in [0.717, 1.165) is 11.1 Å². The molecule has 0 aliphatic heterocycles. The molecule has 4 nitrogen and oxygen atoms in total. The third kappa shape index (κ3) is 3.58. The maximum Gasteiger partial charge on any atom is 0.337 e. The highest BCUT2D eigenvalue weighted by atomic mass is 16.5. The molecule has 0 aliphatic carbocycles. The second-order valence-corrected chi connectivity index (χ2v) is 4.39. The summed E-state index contributed by atoms with van der Waals surface area (Å²) in [7, 11) is 4.53. The predicted octanol–water partition coefficient (Wildman–Crippen LogP) is 2.89. The van der Waals surface area contributed by atoms with Gasteiger partial charge in [0.2, 0.25) is 0 Å². The van der Waals surface area contributed by atoms with E-state index in [0.29, 0.717) is 17.1 Å². The van der Waals surface area contributed by atoms with Gasteiger partial charge < -0.3 is 14.2 Å². The predicted molar refractivity (Wildman–Crippen MR) is 83.3 cm³/mol. The molecule has 0 fully saturated rings. The SMILES string of the molecule is COC(=O)c1ccc(C#Cc2ccc(OC)c(OC)c2)cc1. The first kappa shape index (κ1) is 15.5. The zero-order valence-corrected chi connectivity index (χ0v) is 12.7. The first-order chi connectivity index (χ1) is 10.7. The van der Waals surface area contributed by atoms with Crippen molar-refractivity contribution in [2.75, 3.05) is 21.3 Å². The fourth-order valence-electron chi connectivity index (χ4n) is 1.87. The van der Waals surface area contributed by atoms with Crippen LogP contribution in [0, 0.1) is 11.8 Å². The summed E-state index contributed by atoms with van der Waals surface area (Å²) >= 11 is 0. The van der Waals surface area contributed by atoms with Gasteiger partial charge in [-0.2, -0.15) is 0 Å². The van der Waals surface area contributed by atoms with E-state index in [-0.39, 0.29) is 5.97 Å². The fraction of sp³-hybridized carbons (Fsp3) is 0.167. The molecular formula is C18H16O4. The van der Waals surface area contributed by atoms with E-state index >= 15 is 0 Å². The van der Waals surface area contributed by atoms with E-state index in [1.807, 2.05) is 18.2 Å². The summed E-state index contributed by atoms with van der Waals surface area (Å²) in [5, 5.41) is 0. The monoisotopic (exact) mass is 296 g/mol. The van der Waals surface area contributed by atoms with Crippen molar-refractivity contribution in [3.05, 3.63) is 59.2 Å². The Morgan fingerprint density at radius 2 is 1.41 bits per heavy atom. The summed E-state index contributed by atoms with van der Waals surface area (Å²) in [5.41, 5.74) is 2.12. The quantitative estimate of drug-likeness (QED) is 0.645. The van der Waals surface area contributed by atoms with Crippen LogP contribution in [0.5, 0.6) is 11.5 Å². The lowest BCUT2D eigenvalue weighted by molar-refractivity contribution is 0.0600. The Hall–Kier alpha value is -2.93. The minimum atomic E-state index is -0.362. The lowest BCUT2D eigenvalue weighted by Gasteiger charge is -2.06. The van der Waals surface area contributed by atoms with Gasteiger partial charge in [0.1, 0.15) is 0 Å². The van der Waals surface area contributed by atoms with Crippen LogP contribution in [0.2, 0.25) is 0 Å². The third-order valence-electron chi connectivity index (χ3n) is 3.04. The van der Waals surface area contributed by atoms with Crippen molar-refractivity contribution >= 4 is 5.97 Å². The number of benzene rings is 2. The van der Waals surface area contributed by atoms with Gasteiger partial charge in [-0.3, -0.25) is 0 Å². The van der Waals surface area contributed by atoms with Crippen molar-refractivity contribution in [2.45, 2.75) is 0 Å². The average molecular weight is 296 g/mol. The lowest BCUT2D eigenvalue weighted by atomic mass is 10.1. The molecule has 0 heterocycles. The van der Waals surface area contributed by atoms with Crippen LogP contribution in [-0.2, 0) is 4.74 Å². The summed E-state index contributed by atoms with van der Waals surface area (Å²) in [6, 6.07) is 12.4. The van der Waals surface area contributed by atoms with Gasteiger partial charge in [-0.1, -0.05) is 11.8 Å². The highest BCUT2D eigenvalue weighted by Gasteiger charge is 2.04. The molecule has 0 N–H and O–H groups in total. The van der Waals surface area contributed by atoms with Gasteiger partial charge >= 0.3 is 5.97 Å². The van der Waals surface area contributed by atoms with E-state index in [4.69, 9.17) is 9.47 Å². The molecule has 0 aromatic heterocycles. The Kier molecular flexibility index (Phi) is 5.05. The zero-order chi connectivity index (χ0) is 15.9. The van der Waals surface area contributed by atoms with Gasteiger partial charge in [0, 0.05) is 11.1 Å². The minimum absolute atomic E-state index is 0.362. The van der Waals surface area contributed by atoms with E-state index in [1.165, 1.54) is 7.11 Å². The van der Waals surface area contributed by atoms with Crippen molar-refractivity contribution in [3.8, 4) is 23.3 Å². The molecule has 4 heteroatoms. The van der Waals surface area contributed by atoms with Gasteiger partial charge in [-0.05, 0) is 42.5 Å². The molecule has 2 aromatic rings. The Morgan fingerprint density at radius 3 is 2.00 bits per heavy atom. The maximum absolute atomic E-state index is 11.4. The molecule has 112 valence electrons. The zero-order valence-electron chi connectivity index (χ0n) is 12.7. The largest absolute Gasteiger partial charge is 0.493 e. The van der Waals surface area contributed by atoms with Gasteiger partial charge in [0.05, 0.1) is 26.9 Å². The maximum atomic E-state index is 11.4. The minimum Gasteiger partial charge on any atom is -0.493 e. The Labute approximate surface area is 129 Å². The molecule has 0 amide bonds. The van der Waals surface area contributed by atoms with E-state index in [2.05, 4.69) is 16.6 Å². The van der Waals surface area contributed by atoms with Crippen LogP contribution < -0.4 is 9.47 Å². The van der Waals surface area contributed by atoms with E-state index < -0.39 is 0 Å². The Morgan fingerprint density at radius 1 is 0.818 bits per heavy atom. The van der Waals surface area contributed by atoms with Crippen LogP contribution in [-0.4, -0.2) is 27.3 Å². The molecule has 0 spiro atoms. The second-order valence-electron chi connectivity index (χ2n) is 4.39. The molecule has 2 rings (SSSR count). The van der Waals surface area contributed by atoms with Crippen LogP contribution in [0.4, 0.5) is 0 Å². The Balaban J connectivity index is 2.21. The van der Waals surface area contributed by atoms with Crippen molar-refractivity contribution in [1.82, 2.24) is 0 Å². The normalized spacial score (nSPS) is 9.41. The molecule has 0 radical (unpaired) electrons. The van der Waals surface area contributed by atoms with Gasteiger partial charge in [0.15, 0.2) is 11.5 Å². The number of hydrogen-bond acceptors (Lipinski definition) is 4. The molecule has 0 saturated carbocycles. The van der Waals surface area contributed by atoms with Gasteiger partial charge in [0.25, 0.3) is 0 Å². The topological polar surface area (TPSA) is 44.8 Å². The van der Waals surface area contributed by atoms with Crippen LogP contribution >= 0.6 is 0 Å². The van der Waals surface area contributed by atoms with Crippen molar-refractivity contribution in [1.29, 1.82) is 0 Å². The van der Waals surface area contributed by atoms with Crippen molar-refractivity contribution in [3.63, 3.8) is 0 Å². The van der Waals surface area contributed by atoms with Gasteiger partial charge in [-0.15, -0.1) is 0 Å². The van der Waals surface area contributed by atoms with E-state index in [1.54, 1.807) is 38.5 Å². The number of carbonyl (C=O) groups excluding carboxylic acids is 1. The first-order valence-corrected chi connectivity index (χ1v) is 6.60. The number of hydrogen-bond donors (Lipinski definition) is 0. The van der Waals surface area contributed by atoms with Gasteiger partial charge in [-0.25, -0.2) is 4.79 Å². The third-order valence-corrected chi connectivity index (χ3v) is 3.04. The average Bonchev–Trinajstić information content (AvgIpc) is 2.59. The number of carbonyl (C=O) groups is 1. The summed E-state index contributed by atoms with van der Waals surface area (Å²) in [4.78, 5) is 11.4. The molecular weight excluding hydrogens is 280 g/mol. The fourth-order valence-corrected chi connectivity index (χ4v) is 1.87. The number of rotatable bonds is 3.